The minimum atomic E-state index is 1.21. The molecule has 0 nitrogen and oxygen atoms in total. The summed E-state index contributed by atoms with van der Waals surface area (Å²) in [6.07, 6.45) is 11.1. The van der Waals surface area contributed by atoms with Gasteiger partial charge in [0.05, 0.1) is 0 Å². The summed E-state index contributed by atoms with van der Waals surface area (Å²) in [5.74, 6) is 0. The molecule has 0 aromatic rings. The summed E-state index contributed by atoms with van der Waals surface area (Å²) in [4.78, 5) is 0. The molecule has 10 heavy (non-hydrogen) atoms. The highest BCUT2D eigenvalue weighted by atomic mass is 14.1. The van der Waals surface area contributed by atoms with Crippen LogP contribution in [0.3, 0.4) is 0 Å². The first-order chi connectivity index (χ1) is 4.88. The first-order valence-electron chi connectivity index (χ1n) is 3.92. The van der Waals surface area contributed by atoms with Gasteiger partial charge in [0, 0.05) is 0 Å². The maximum absolute atomic E-state index is 2.21. The molecular weight excluding hydrogens is 120 g/mol. The Hall–Kier alpha value is -0.780. The molecule has 0 spiro atoms. The Labute approximate surface area is 62.9 Å². The smallest absolute Gasteiger partial charge is 0.0267 e. The summed E-state index contributed by atoms with van der Waals surface area (Å²) in [7, 11) is 0. The molecule has 0 aromatic carbocycles. The molecule has 0 radical (unpaired) electrons. The fourth-order valence-electron chi connectivity index (χ4n) is 1.25. The predicted molar refractivity (Wildman–Crippen MR) is 45.9 cm³/mol. The molecular formula is C10H14. The van der Waals surface area contributed by atoms with Gasteiger partial charge in [-0.15, -0.1) is 0 Å². The van der Waals surface area contributed by atoms with Gasteiger partial charge in [-0.3, -0.25) is 0 Å². The van der Waals surface area contributed by atoms with Crippen molar-refractivity contribution in [1.82, 2.24) is 0 Å². The predicted octanol–water partition coefficient (Wildman–Crippen LogP) is 3.23. The Morgan fingerprint density at radius 1 is 1.50 bits per heavy atom. The van der Waals surface area contributed by atoms with Gasteiger partial charge in [-0.05, 0) is 24.5 Å². The summed E-state index contributed by atoms with van der Waals surface area (Å²) in [6.45, 7) is 4.31. The lowest BCUT2D eigenvalue weighted by Crippen LogP contribution is -1.80. The van der Waals surface area contributed by atoms with E-state index >= 15 is 0 Å². The summed E-state index contributed by atoms with van der Waals surface area (Å²) >= 11 is 0. The van der Waals surface area contributed by atoms with Gasteiger partial charge in [-0.1, -0.05) is 37.6 Å². The van der Waals surface area contributed by atoms with Gasteiger partial charge >= 0.3 is 0 Å². The zero-order valence-corrected chi connectivity index (χ0v) is 6.72. The molecule has 0 unspecified atom stereocenters. The highest BCUT2D eigenvalue weighted by Crippen LogP contribution is 2.21. The molecule has 0 fully saturated rings. The maximum atomic E-state index is 2.21. The van der Waals surface area contributed by atoms with Crippen LogP contribution < -0.4 is 0 Å². The minimum absolute atomic E-state index is 1.21. The van der Waals surface area contributed by atoms with Crippen molar-refractivity contribution in [3.63, 3.8) is 0 Å². The molecule has 0 heterocycles. The average Bonchev–Trinajstić information content (AvgIpc) is 2.36. The number of hydrogen-bond donors (Lipinski definition) is 0. The minimum Gasteiger partial charge on any atom is -0.0801 e. The lowest BCUT2D eigenvalue weighted by atomic mass is 10.1. The van der Waals surface area contributed by atoms with E-state index in [1.807, 2.05) is 0 Å². The third-order valence-corrected chi connectivity index (χ3v) is 1.77. The van der Waals surface area contributed by atoms with E-state index < -0.39 is 0 Å². The maximum Gasteiger partial charge on any atom is -0.0267 e. The van der Waals surface area contributed by atoms with Crippen molar-refractivity contribution in [2.24, 2.45) is 0 Å². The summed E-state index contributed by atoms with van der Waals surface area (Å²) < 4.78 is 0. The second kappa shape index (κ2) is 3.40. The zero-order chi connectivity index (χ0) is 7.40. The zero-order valence-electron chi connectivity index (χ0n) is 6.72. The third-order valence-electron chi connectivity index (χ3n) is 1.77. The van der Waals surface area contributed by atoms with Gasteiger partial charge in [-0.2, -0.15) is 0 Å². The highest BCUT2D eigenvalue weighted by Gasteiger charge is 2.02. The standard InChI is InChI=1S/C10H14/c1-3-6-10-8-5-7-9(10)4-2/h4-5,7-8H,3,6H2,1-2H3/b9-4+. The molecule has 1 rings (SSSR count). The number of rotatable bonds is 2. The van der Waals surface area contributed by atoms with Crippen LogP contribution in [0, 0.1) is 0 Å². The molecule has 0 atom stereocenters. The summed E-state index contributed by atoms with van der Waals surface area (Å²) in [5, 5.41) is 0. The molecule has 0 heteroatoms. The van der Waals surface area contributed by atoms with Crippen LogP contribution >= 0.6 is 0 Å². The lowest BCUT2D eigenvalue weighted by Gasteiger charge is -2.00. The quantitative estimate of drug-likeness (QED) is 0.544. The molecule has 0 aliphatic heterocycles. The summed E-state index contributed by atoms with van der Waals surface area (Å²) in [6, 6.07) is 0. The summed E-state index contributed by atoms with van der Waals surface area (Å²) in [5.41, 5.74) is 2.90. The molecule has 1 aliphatic rings. The normalized spacial score (nSPS) is 20.2. The van der Waals surface area contributed by atoms with Crippen molar-refractivity contribution >= 4 is 0 Å². The van der Waals surface area contributed by atoms with E-state index in [1.165, 1.54) is 24.0 Å². The van der Waals surface area contributed by atoms with Crippen LogP contribution in [0.2, 0.25) is 0 Å². The Kier molecular flexibility index (Phi) is 2.49. The van der Waals surface area contributed by atoms with Crippen LogP contribution in [-0.4, -0.2) is 0 Å². The largest absolute Gasteiger partial charge is 0.0801 e. The van der Waals surface area contributed by atoms with Crippen LogP contribution in [0.5, 0.6) is 0 Å². The van der Waals surface area contributed by atoms with Gasteiger partial charge in [0.1, 0.15) is 0 Å². The molecule has 0 saturated carbocycles. The average molecular weight is 134 g/mol. The van der Waals surface area contributed by atoms with Crippen molar-refractivity contribution in [1.29, 1.82) is 0 Å². The van der Waals surface area contributed by atoms with E-state index in [9.17, 15) is 0 Å². The number of hydrogen-bond acceptors (Lipinski definition) is 0. The van der Waals surface area contributed by atoms with E-state index in [0.29, 0.717) is 0 Å². The Morgan fingerprint density at radius 2 is 2.30 bits per heavy atom. The van der Waals surface area contributed by atoms with Gasteiger partial charge in [-0.25, -0.2) is 0 Å². The van der Waals surface area contributed by atoms with Crippen molar-refractivity contribution in [2.45, 2.75) is 26.7 Å². The van der Waals surface area contributed by atoms with E-state index in [2.05, 4.69) is 38.2 Å². The van der Waals surface area contributed by atoms with E-state index in [1.54, 1.807) is 0 Å². The van der Waals surface area contributed by atoms with Crippen LogP contribution in [0.4, 0.5) is 0 Å². The highest BCUT2D eigenvalue weighted by molar-refractivity contribution is 5.47. The topological polar surface area (TPSA) is 0 Å². The van der Waals surface area contributed by atoms with Crippen molar-refractivity contribution in [2.75, 3.05) is 0 Å². The third kappa shape index (κ3) is 1.38. The van der Waals surface area contributed by atoms with Gasteiger partial charge in [0.15, 0.2) is 0 Å². The molecule has 0 bridgehead atoms. The van der Waals surface area contributed by atoms with E-state index in [0.717, 1.165) is 0 Å². The van der Waals surface area contributed by atoms with Crippen molar-refractivity contribution < 1.29 is 0 Å². The monoisotopic (exact) mass is 134 g/mol. The fourth-order valence-corrected chi connectivity index (χ4v) is 1.25. The van der Waals surface area contributed by atoms with Crippen molar-refractivity contribution in [3.8, 4) is 0 Å². The second-order valence-corrected chi connectivity index (χ2v) is 2.55. The van der Waals surface area contributed by atoms with Crippen LogP contribution in [-0.2, 0) is 0 Å². The molecule has 0 saturated heterocycles. The Morgan fingerprint density at radius 3 is 2.90 bits per heavy atom. The van der Waals surface area contributed by atoms with Crippen LogP contribution in [0.1, 0.15) is 26.7 Å². The van der Waals surface area contributed by atoms with Gasteiger partial charge in [0.25, 0.3) is 0 Å². The molecule has 0 aromatic heterocycles. The Bertz CT molecular complexity index is 192. The fraction of sp³-hybridized carbons (Fsp3) is 0.400. The Balaban J connectivity index is 2.63. The first-order valence-corrected chi connectivity index (χ1v) is 3.92. The van der Waals surface area contributed by atoms with Crippen molar-refractivity contribution in [3.05, 3.63) is 35.5 Å². The van der Waals surface area contributed by atoms with Crippen LogP contribution in [0.25, 0.3) is 0 Å². The molecule has 0 N–H and O–H groups in total. The number of allylic oxidation sites excluding steroid dienone is 6. The molecule has 54 valence electrons. The van der Waals surface area contributed by atoms with E-state index in [-0.39, 0.29) is 0 Å². The second-order valence-electron chi connectivity index (χ2n) is 2.55. The van der Waals surface area contributed by atoms with Gasteiger partial charge < -0.3 is 0 Å². The van der Waals surface area contributed by atoms with Crippen LogP contribution in [0.15, 0.2) is 35.5 Å². The van der Waals surface area contributed by atoms with Gasteiger partial charge in [0.2, 0.25) is 0 Å². The SMILES string of the molecule is C/C=C1\C=CC=C1CCC. The molecule has 1 aliphatic carbocycles. The first kappa shape index (κ1) is 7.33. The molecule has 0 amide bonds. The van der Waals surface area contributed by atoms with E-state index in [4.69, 9.17) is 0 Å². The lowest BCUT2D eigenvalue weighted by molar-refractivity contribution is 0.921.